The van der Waals surface area contributed by atoms with Crippen molar-refractivity contribution in [2.75, 3.05) is 7.05 Å². The van der Waals surface area contributed by atoms with E-state index in [-0.39, 0.29) is 18.2 Å². The van der Waals surface area contributed by atoms with Gasteiger partial charge in [0.2, 0.25) is 5.91 Å². The Kier molecular flexibility index (Phi) is 2.94. The fourth-order valence-corrected chi connectivity index (χ4v) is 2.34. The van der Waals surface area contributed by atoms with Gasteiger partial charge in [0.05, 0.1) is 12.3 Å². The van der Waals surface area contributed by atoms with Crippen LogP contribution >= 0.6 is 0 Å². The van der Waals surface area contributed by atoms with E-state index >= 15 is 0 Å². The molecule has 0 spiro atoms. The average Bonchev–Trinajstić information content (AvgIpc) is 2.85. The molecule has 1 saturated carbocycles. The van der Waals surface area contributed by atoms with E-state index in [9.17, 15) is 9.59 Å². The first-order valence-electron chi connectivity index (χ1n) is 5.73. The molecule has 2 N–H and O–H groups in total. The van der Waals surface area contributed by atoms with E-state index in [2.05, 4.69) is 4.99 Å². The Balaban J connectivity index is 2.06. The first-order chi connectivity index (χ1) is 7.59. The first-order valence-corrected chi connectivity index (χ1v) is 5.73. The van der Waals surface area contributed by atoms with Crippen molar-refractivity contribution < 1.29 is 9.59 Å². The van der Waals surface area contributed by atoms with Gasteiger partial charge in [-0.05, 0) is 12.8 Å². The number of amidine groups is 1. The predicted octanol–water partition coefficient (Wildman–Crippen LogP) is 0.291. The highest BCUT2D eigenvalue weighted by atomic mass is 16.2. The van der Waals surface area contributed by atoms with Crippen LogP contribution in [0.1, 0.15) is 32.1 Å². The van der Waals surface area contributed by atoms with Crippen molar-refractivity contribution in [3.63, 3.8) is 0 Å². The van der Waals surface area contributed by atoms with Crippen molar-refractivity contribution in [2.24, 2.45) is 16.6 Å². The molecule has 0 radical (unpaired) electrons. The molecule has 1 unspecified atom stereocenters. The van der Waals surface area contributed by atoms with E-state index in [0.29, 0.717) is 11.8 Å². The van der Waals surface area contributed by atoms with E-state index in [0.717, 1.165) is 17.7 Å². The van der Waals surface area contributed by atoms with Crippen LogP contribution in [0.5, 0.6) is 0 Å². The lowest BCUT2D eigenvalue weighted by molar-refractivity contribution is -0.136. The number of aliphatic imine (C=N–C) groups is 1. The highest BCUT2D eigenvalue weighted by molar-refractivity contribution is 6.06. The van der Waals surface area contributed by atoms with Gasteiger partial charge in [-0.3, -0.25) is 19.5 Å². The normalized spacial score (nSPS) is 28.2. The Hall–Kier alpha value is -1.39. The number of hydrogen-bond acceptors (Lipinski definition) is 3. The summed E-state index contributed by atoms with van der Waals surface area (Å²) in [6.07, 6.45) is 4.64. The lowest BCUT2D eigenvalue weighted by Gasteiger charge is -2.10. The van der Waals surface area contributed by atoms with Gasteiger partial charge in [-0.15, -0.1) is 0 Å². The van der Waals surface area contributed by atoms with Gasteiger partial charge in [0.15, 0.2) is 0 Å². The molecule has 0 aromatic rings. The number of hydrogen-bond donors (Lipinski definition) is 1. The summed E-state index contributed by atoms with van der Waals surface area (Å²) < 4.78 is 0. The number of likely N-dealkylation sites (tertiary alicyclic amines) is 1. The first kappa shape index (κ1) is 11.1. The van der Waals surface area contributed by atoms with Crippen molar-refractivity contribution in [3.05, 3.63) is 0 Å². The second kappa shape index (κ2) is 4.23. The van der Waals surface area contributed by atoms with E-state index in [4.69, 9.17) is 5.73 Å². The summed E-state index contributed by atoms with van der Waals surface area (Å²) in [6.45, 7) is 0. The molecule has 88 valence electrons. The van der Waals surface area contributed by atoms with Crippen molar-refractivity contribution >= 4 is 17.6 Å². The summed E-state index contributed by atoms with van der Waals surface area (Å²) in [4.78, 5) is 28.3. The van der Waals surface area contributed by atoms with Gasteiger partial charge in [-0.1, -0.05) is 12.8 Å². The van der Waals surface area contributed by atoms with E-state index < -0.39 is 6.04 Å². The van der Waals surface area contributed by atoms with Crippen LogP contribution in [0.4, 0.5) is 0 Å². The number of likely N-dealkylation sites (N-methyl/N-ethyl adjacent to an activating group) is 1. The summed E-state index contributed by atoms with van der Waals surface area (Å²) in [5, 5.41) is 0. The van der Waals surface area contributed by atoms with Gasteiger partial charge in [-0.25, -0.2) is 0 Å². The van der Waals surface area contributed by atoms with Crippen LogP contribution in [-0.4, -0.2) is 35.6 Å². The monoisotopic (exact) mass is 223 g/mol. The SMILES string of the molecule is CN1C(=O)CC(N=C(N)C2CCCC2)C1=O. The molecule has 16 heavy (non-hydrogen) atoms. The maximum absolute atomic E-state index is 11.6. The van der Waals surface area contributed by atoms with E-state index in [1.807, 2.05) is 0 Å². The average molecular weight is 223 g/mol. The molecule has 2 aliphatic rings. The highest BCUT2D eigenvalue weighted by Crippen LogP contribution is 2.25. The summed E-state index contributed by atoms with van der Waals surface area (Å²) in [7, 11) is 1.49. The third-order valence-electron chi connectivity index (χ3n) is 3.44. The number of nitrogens with zero attached hydrogens (tertiary/aromatic N) is 2. The Morgan fingerprint density at radius 1 is 1.38 bits per heavy atom. The van der Waals surface area contributed by atoms with Crippen molar-refractivity contribution in [1.29, 1.82) is 0 Å². The molecule has 0 aromatic heterocycles. The fourth-order valence-electron chi connectivity index (χ4n) is 2.34. The molecule has 2 fully saturated rings. The Labute approximate surface area is 94.7 Å². The number of carbonyl (C=O) groups is 2. The Bertz CT molecular complexity index is 345. The van der Waals surface area contributed by atoms with Crippen LogP contribution in [-0.2, 0) is 9.59 Å². The van der Waals surface area contributed by atoms with Crippen molar-refractivity contribution in [1.82, 2.24) is 4.90 Å². The zero-order chi connectivity index (χ0) is 11.7. The lowest BCUT2D eigenvalue weighted by Crippen LogP contribution is -2.29. The standard InChI is InChI=1S/C11H17N3O2/c1-14-9(15)6-8(11(14)16)13-10(12)7-4-2-3-5-7/h7-8H,2-6H2,1H3,(H2,12,13). The van der Waals surface area contributed by atoms with Gasteiger partial charge in [0, 0.05) is 13.0 Å². The number of rotatable bonds is 2. The Morgan fingerprint density at radius 2 is 2.00 bits per heavy atom. The quantitative estimate of drug-likeness (QED) is 0.415. The third-order valence-corrected chi connectivity index (χ3v) is 3.44. The van der Waals surface area contributed by atoms with Crippen LogP contribution in [0.3, 0.4) is 0 Å². The molecule has 0 aromatic carbocycles. The summed E-state index contributed by atoms with van der Waals surface area (Å²) in [6, 6.07) is -0.571. The number of carbonyl (C=O) groups excluding carboxylic acids is 2. The molecule has 2 amide bonds. The minimum atomic E-state index is -0.571. The maximum Gasteiger partial charge on any atom is 0.254 e. The van der Waals surface area contributed by atoms with Gasteiger partial charge >= 0.3 is 0 Å². The second-order valence-corrected chi connectivity index (χ2v) is 4.55. The smallest absolute Gasteiger partial charge is 0.254 e. The summed E-state index contributed by atoms with van der Waals surface area (Å²) in [5.74, 6) is 0.469. The van der Waals surface area contributed by atoms with Crippen LogP contribution in [0.25, 0.3) is 0 Å². The van der Waals surface area contributed by atoms with Gasteiger partial charge in [-0.2, -0.15) is 0 Å². The van der Waals surface area contributed by atoms with Gasteiger partial charge in [0.1, 0.15) is 6.04 Å². The van der Waals surface area contributed by atoms with Crippen molar-refractivity contribution in [2.45, 2.75) is 38.1 Å². The summed E-state index contributed by atoms with van der Waals surface area (Å²) >= 11 is 0. The van der Waals surface area contributed by atoms with E-state index in [1.54, 1.807) is 0 Å². The van der Waals surface area contributed by atoms with Gasteiger partial charge in [0.25, 0.3) is 5.91 Å². The maximum atomic E-state index is 11.6. The zero-order valence-corrected chi connectivity index (χ0v) is 9.48. The number of nitrogens with two attached hydrogens (primary N) is 1. The second-order valence-electron chi connectivity index (χ2n) is 4.55. The van der Waals surface area contributed by atoms with E-state index in [1.165, 1.54) is 19.9 Å². The molecule has 5 heteroatoms. The molecule has 5 nitrogen and oxygen atoms in total. The van der Waals surface area contributed by atoms with Gasteiger partial charge < -0.3 is 5.73 Å². The zero-order valence-electron chi connectivity index (χ0n) is 9.48. The lowest BCUT2D eigenvalue weighted by atomic mass is 10.1. The van der Waals surface area contributed by atoms with Crippen LogP contribution in [0, 0.1) is 5.92 Å². The van der Waals surface area contributed by atoms with Crippen LogP contribution in [0.2, 0.25) is 0 Å². The molecular weight excluding hydrogens is 206 g/mol. The third kappa shape index (κ3) is 1.94. The molecule has 1 heterocycles. The highest BCUT2D eigenvalue weighted by Gasteiger charge is 2.36. The Morgan fingerprint density at radius 3 is 2.50 bits per heavy atom. The number of amides is 2. The minimum Gasteiger partial charge on any atom is -0.387 e. The fraction of sp³-hybridized carbons (Fsp3) is 0.727. The van der Waals surface area contributed by atoms with Crippen LogP contribution < -0.4 is 5.73 Å². The molecule has 1 aliphatic carbocycles. The van der Waals surface area contributed by atoms with Crippen LogP contribution in [0.15, 0.2) is 4.99 Å². The molecule has 1 aliphatic heterocycles. The molecule has 1 saturated heterocycles. The predicted molar refractivity (Wildman–Crippen MR) is 59.8 cm³/mol. The molecule has 1 atom stereocenters. The molecule has 0 bridgehead atoms. The summed E-state index contributed by atoms with van der Waals surface area (Å²) in [5.41, 5.74) is 5.88. The molecular formula is C11H17N3O2. The minimum absolute atomic E-state index is 0.169. The number of imide groups is 1. The van der Waals surface area contributed by atoms with Crippen molar-refractivity contribution in [3.8, 4) is 0 Å². The molecule has 2 rings (SSSR count). The topological polar surface area (TPSA) is 75.8 Å². The largest absolute Gasteiger partial charge is 0.387 e.